The molecular formula is C15H22N2O2. The van der Waals surface area contributed by atoms with Gasteiger partial charge in [-0.25, -0.2) is 0 Å². The molecule has 0 unspecified atom stereocenters. The molecule has 0 aliphatic heterocycles. The third-order valence-electron chi connectivity index (χ3n) is 4.13. The van der Waals surface area contributed by atoms with Crippen LogP contribution in [0.5, 0.6) is 0 Å². The van der Waals surface area contributed by atoms with E-state index < -0.39 is 0 Å². The van der Waals surface area contributed by atoms with Crippen LogP contribution in [0.4, 0.5) is 11.4 Å². The van der Waals surface area contributed by atoms with Crippen molar-refractivity contribution in [3.8, 4) is 0 Å². The maximum atomic E-state index is 10.8. The molecule has 19 heavy (non-hydrogen) atoms. The largest absolute Gasteiger partial charge is 0.382 e. The highest BCUT2D eigenvalue weighted by atomic mass is 16.6. The predicted molar refractivity (Wildman–Crippen MR) is 77.5 cm³/mol. The Morgan fingerprint density at radius 3 is 2.53 bits per heavy atom. The zero-order valence-corrected chi connectivity index (χ0v) is 11.9. The van der Waals surface area contributed by atoms with Crippen LogP contribution in [0.2, 0.25) is 0 Å². The molecule has 0 aromatic heterocycles. The van der Waals surface area contributed by atoms with Crippen LogP contribution in [0, 0.1) is 22.5 Å². The third kappa shape index (κ3) is 3.46. The zero-order chi connectivity index (χ0) is 14.0. The normalized spacial score (nSPS) is 19.1. The smallest absolute Gasteiger partial charge is 0.271 e. The highest BCUT2D eigenvalue weighted by molar-refractivity contribution is 5.57. The minimum absolute atomic E-state index is 0.157. The summed E-state index contributed by atoms with van der Waals surface area (Å²) in [5, 5.41) is 14.3. The molecule has 0 heterocycles. The number of non-ortho nitro benzene ring substituents is 1. The third-order valence-corrected chi connectivity index (χ3v) is 4.13. The van der Waals surface area contributed by atoms with Crippen LogP contribution in [-0.2, 0) is 0 Å². The van der Waals surface area contributed by atoms with Gasteiger partial charge in [0.2, 0.25) is 0 Å². The summed E-state index contributed by atoms with van der Waals surface area (Å²) in [4.78, 5) is 10.5. The first-order valence-corrected chi connectivity index (χ1v) is 6.89. The molecule has 1 N–H and O–H groups in total. The van der Waals surface area contributed by atoms with Gasteiger partial charge in [-0.3, -0.25) is 10.1 Å². The van der Waals surface area contributed by atoms with E-state index in [-0.39, 0.29) is 10.6 Å². The molecule has 0 spiro atoms. The summed E-state index contributed by atoms with van der Waals surface area (Å²) in [5.74, 6) is 0. The Bertz CT molecular complexity index is 473. The Labute approximate surface area is 114 Å². The fourth-order valence-corrected chi connectivity index (χ4v) is 2.64. The van der Waals surface area contributed by atoms with Crippen molar-refractivity contribution in [1.29, 1.82) is 0 Å². The van der Waals surface area contributed by atoms with E-state index in [1.807, 2.05) is 13.0 Å². The molecule has 1 aliphatic rings. The molecule has 1 aromatic carbocycles. The first kappa shape index (κ1) is 13.8. The first-order chi connectivity index (χ1) is 8.87. The summed E-state index contributed by atoms with van der Waals surface area (Å²) in [5.41, 5.74) is 2.56. The molecule has 0 saturated heterocycles. The lowest BCUT2D eigenvalue weighted by Gasteiger charge is -2.35. The number of aryl methyl sites for hydroxylation is 1. The van der Waals surface area contributed by atoms with Crippen molar-refractivity contribution in [1.82, 2.24) is 0 Å². The van der Waals surface area contributed by atoms with Gasteiger partial charge in [0.25, 0.3) is 5.69 Å². The quantitative estimate of drug-likeness (QED) is 0.653. The summed E-state index contributed by atoms with van der Waals surface area (Å²) in [6.07, 6.45) is 4.68. The van der Waals surface area contributed by atoms with Gasteiger partial charge in [0, 0.05) is 23.9 Å². The van der Waals surface area contributed by atoms with Crippen molar-refractivity contribution in [3.63, 3.8) is 0 Å². The Hall–Kier alpha value is -1.58. The van der Waals surface area contributed by atoms with Crippen LogP contribution in [-0.4, -0.2) is 11.0 Å². The number of benzene rings is 1. The highest BCUT2D eigenvalue weighted by Crippen LogP contribution is 2.36. The second-order valence-corrected chi connectivity index (χ2v) is 6.34. The summed E-state index contributed by atoms with van der Waals surface area (Å²) in [7, 11) is 0. The molecule has 4 nitrogen and oxygen atoms in total. The van der Waals surface area contributed by atoms with Gasteiger partial charge < -0.3 is 5.32 Å². The minimum atomic E-state index is -0.339. The van der Waals surface area contributed by atoms with Crippen LogP contribution >= 0.6 is 0 Å². The molecule has 0 radical (unpaired) electrons. The van der Waals surface area contributed by atoms with E-state index in [0.29, 0.717) is 11.5 Å². The lowest BCUT2D eigenvalue weighted by Crippen LogP contribution is -2.30. The molecule has 1 aliphatic carbocycles. The van der Waals surface area contributed by atoms with Crippen molar-refractivity contribution < 1.29 is 4.92 Å². The molecule has 0 atom stereocenters. The average Bonchev–Trinajstić information content (AvgIpc) is 2.34. The highest BCUT2D eigenvalue weighted by Gasteiger charge is 2.27. The van der Waals surface area contributed by atoms with Gasteiger partial charge in [-0.2, -0.15) is 0 Å². The maximum absolute atomic E-state index is 10.8. The van der Waals surface area contributed by atoms with Crippen LogP contribution in [0.25, 0.3) is 0 Å². The number of rotatable bonds is 3. The van der Waals surface area contributed by atoms with Crippen molar-refractivity contribution in [2.45, 2.75) is 52.5 Å². The maximum Gasteiger partial charge on any atom is 0.271 e. The zero-order valence-electron chi connectivity index (χ0n) is 11.9. The Morgan fingerprint density at radius 2 is 1.95 bits per heavy atom. The standard InChI is InChI=1S/C15H22N2O2/c1-11-4-5-13(17(18)19)10-14(11)16-12-6-8-15(2,3)9-7-12/h4-5,10,12,16H,6-9H2,1-3H3. The van der Waals surface area contributed by atoms with E-state index in [0.717, 1.165) is 24.1 Å². The van der Waals surface area contributed by atoms with E-state index in [1.165, 1.54) is 12.8 Å². The number of anilines is 1. The number of hydrogen-bond donors (Lipinski definition) is 1. The van der Waals surface area contributed by atoms with Crippen molar-refractivity contribution in [3.05, 3.63) is 33.9 Å². The topological polar surface area (TPSA) is 55.2 Å². The van der Waals surface area contributed by atoms with Crippen LogP contribution in [0.15, 0.2) is 18.2 Å². The van der Waals surface area contributed by atoms with Gasteiger partial charge >= 0.3 is 0 Å². The molecule has 0 bridgehead atoms. The van der Waals surface area contributed by atoms with E-state index in [4.69, 9.17) is 0 Å². The Morgan fingerprint density at radius 1 is 1.32 bits per heavy atom. The van der Waals surface area contributed by atoms with E-state index >= 15 is 0 Å². The number of hydrogen-bond acceptors (Lipinski definition) is 3. The fourth-order valence-electron chi connectivity index (χ4n) is 2.64. The molecule has 4 heteroatoms. The van der Waals surface area contributed by atoms with Gasteiger partial charge in [0.05, 0.1) is 4.92 Å². The van der Waals surface area contributed by atoms with Gasteiger partial charge in [-0.15, -0.1) is 0 Å². The number of nitrogens with one attached hydrogen (secondary N) is 1. The Balaban J connectivity index is 2.07. The number of nitro benzene ring substituents is 1. The molecule has 1 fully saturated rings. The second kappa shape index (κ2) is 5.19. The molecular weight excluding hydrogens is 240 g/mol. The lowest BCUT2D eigenvalue weighted by molar-refractivity contribution is -0.384. The first-order valence-electron chi connectivity index (χ1n) is 6.89. The summed E-state index contributed by atoms with van der Waals surface area (Å²) in [6.45, 7) is 6.60. The van der Waals surface area contributed by atoms with Crippen molar-refractivity contribution >= 4 is 11.4 Å². The average molecular weight is 262 g/mol. The second-order valence-electron chi connectivity index (χ2n) is 6.34. The van der Waals surface area contributed by atoms with Crippen molar-refractivity contribution in [2.75, 3.05) is 5.32 Å². The summed E-state index contributed by atoms with van der Waals surface area (Å²) >= 11 is 0. The molecule has 104 valence electrons. The number of nitrogens with zero attached hydrogens (tertiary/aromatic N) is 1. The van der Waals surface area contributed by atoms with Gasteiger partial charge in [0.15, 0.2) is 0 Å². The van der Waals surface area contributed by atoms with Crippen molar-refractivity contribution in [2.24, 2.45) is 5.41 Å². The molecule has 1 saturated carbocycles. The number of nitro groups is 1. The predicted octanol–water partition coefficient (Wildman–Crippen LogP) is 4.28. The summed E-state index contributed by atoms with van der Waals surface area (Å²) in [6, 6.07) is 5.46. The minimum Gasteiger partial charge on any atom is -0.382 e. The molecule has 0 amide bonds. The molecule has 1 aromatic rings. The van der Waals surface area contributed by atoms with Crippen LogP contribution in [0.3, 0.4) is 0 Å². The van der Waals surface area contributed by atoms with Gasteiger partial charge in [0.1, 0.15) is 0 Å². The van der Waals surface area contributed by atoms with E-state index in [2.05, 4.69) is 19.2 Å². The lowest BCUT2D eigenvalue weighted by atomic mass is 9.75. The Kier molecular flexibility index (Phi) is 3.78. The monoisotopic (exact) mass is 262 g/mol. The van der Waals surface area contributed by atoms with E-state index in [9.17, 15) is 10.1 Å². The van der Waals surface area contributed by atoms with Gasteiger partial charge in [-0.05, 0) is 43.6 Å². The SMILES string of the molecule is Cc1ccc([N+](=O)[O-])cc1NC1CCC(C)(C)CC1. The molecule has 2 rings (SSSR count). The van der Waals surface area contributed by atoms with Crippen LogP contribution in [0.1, 0.15) is 45.1 Å². The fraction of sp³-hybridized carbons (Fsp3) is 0.600. The van der Waals surface area contributed by atoms with Crippen LogP contribution < -0.4 is 5.32 Å². The summed E-state index contributed by atoms with van der Waals surface area (Å²) < 4.78 is 0. The van der Waals surface area contributed by atoms with Gasteiger partial charge in [-0.1, -0.05) is 19.9 Å². The van der Waals surface area contributed by atoms with E-state index in [1.54, 1.807) is 12.1 Å².